The standard InChI is InChI=1S/C8H16N2O3S/c1-7(9)6-8(11)10-2-4-14(12,13)5-3-10/h7H,2-6,9H2,1H3. The molecular formula is C8H16N2O3S. The molecule has 1 saturated heterocycles. The minimum absolute atomic E-state index is 0.0464. The Balaban J connectivity index is 2.46. The maximum atomic E-state index is 11.5. The van der Waals surface area contributed by atoms with Gasteiger partial charge in [-0.3, -0.25) is 4.79 Å². The summed E-state index contributed by atoms with van der Waals surface area (Å²) >= 11 is 0. The van der Waals surface area contributed by atoms with Crippen LogP contribution in [-0.2, 0) is 14.6 Å². The highest BCUT2D eigenvalue weighted by Gasteiger charge is 2.24. The van der Waals surface area contributed by atoms with E-state index in [1.807, 2.05) is 0 Å². The number of carbonyl (C=O) groups is 1. The zero-order chi connectivity index (χ0) is 10.8. The Bertz CT molecular complexity index is 297. The summed E-state index contributed by atoms with van der Waals surface area (Å²) in [5, 5.41) is 0. The molecule has 1 unspecified atom stereocenters. The number of nitrogens with two attached hydrogens (primary N) is 1. The molecule has 0 aliphatic carbocycles. The second-order valence-electron chi connectivity index (χ2n) is 3.71. The lowest BCUT2D eigenvalue weighted by molar-refractivity contribution is -0.131. The first-order valence-electron chi connectivity index (χ1n) is 4.64. The van der Waals surface area contributed by atoms with E-state index in [1.165, 1.54) is 0 Å². The number of nitrogens with zero attached hydrogens (tertiary/aromatic N) is 1. The smallest absolute Gasteiger partial charge is 0.224 e. The molecule has 1 amide bonds. The second-order valence-corrected chi connectivity index (χ2v) is 6.02. The van der Waals surface area contributed by atoms with E-state index in [0.717, 1.165) is 0 Å². The Hall–Kier alpha value is -0.620. The Morgan fingerprint density at radius 2 is 1.93 bits per heavy atom. The van der Waals surface area contributed by atoms with Crippen molar-refractivity contribution in [3.8, 4) is 0 Å². The third kappa shape index (κ3) is 3.26. The van der Waals surface area contributed by atoms with Crippen LogP contribution in [0, 0.1) is 0 Å². The van der Waals surface area contributed by atoms with Gasteiger partial charge in [-0.2, -0.15) is 0 Å². The van der Waals surface area contributed by atoms with Crippen molar-refractivity contribution in [1.82, 2.24) is 4.90 Å². The van der Waals surface area contributed by atoms with Gasteiger partial charge in [0.1, 0.15) is 0 Å². The molecule has 6 heteroatoms. The third-order valence-electron chi connectivity index (χ3n) is 2.19. The van der Waals surface area contributed by atoms with Gasteiger partial charge in [0.05, 0.1) is 11.5 Å². The number of sulfone groups is 1. The van der Waals surface area contributed by atoms with Crippen LogP contribution in [0.5, 0.6) is 0 Å². The molecule has 1 aliphatic heterocycles. The van der Waals surface area contributed by atoms with E-state index in [9.17, 15) is 13.2 Å². The Morgan fingerprint density at radius 3 is 2.36 bits per heavy atom. The van der Waals surface area contributed by atoms with Gasteiger partial charge in [-0.25, -0.2) is 8.42 Å². The Labute approximate surface area is 84.2 Å². The lowest BCUT2D eigenvalue weighted by Crippen LogP contribution is -2.45. The molecular weight excluding hydrogens is 204 g/mol. The zero-order valence-electron chi connectivity index (χ0n) is 8.27. The maximum Gasteiger partial charge on any atom is 0.224 e. The molecule has 0 radical (unpaired) electrons. The summed E-state index contributed by atoms with van der Waals surface area (Å²) in [6, 6.07) is -0.166. The van der Waals surface area contributed by atoms with E-state index < -0.39 is 9.84 Å². The largest absolute Gasteiger partial charge is 0.341 e. The number of hydrogen-bond acceptors (Lipinski definition) is 4. The summed E-state index contributed by atoms with van der Waals surface area (Å²) in [5.74, 6) is 0.116. The van der Waals surface area contributed by atoms with Crippen LogP contribution in [0.15, 0.2) is 0 Å². The Kier molecular flexibility index (Phi) is 3.49. The van der Waals surface area contributed by atoms with Crippen molar-refractivity contribution in [3.05, 3.63) is 0 Å². The molecule has 2 N–H and O–H groups in total. The van der Waals surface area contributed by atoms with E-state index in [4.69, 9.17) is 5.73 Å². The van der Waals surface area contributed by atoms with Crippen molar-refractivity contribution in [1.29, 1.82) is 0 Å². The van der Waals surface area contributed by atoms with E-state index in [0.29, 0.717) is 19.5 Å². The second kappa shape index (κ2) is 4.27. The molecule has 0 spiro atoms. The van der Waals surface area contributed by atoms with Crippen LogP contribution in [0.2, 0.25) is 0 Å². The highest BCUT2D eigenvalue weighted by Crippen LogP contribution is 2.06. The molecule has 82 valence electrons. The monoisotopic (exact) mass is 220 g/mol. The first-order chi connectivity index (χ1) is 6.41. The molecule has 1 aliphatic rings. The van der Waals surface area contributed by atoms with Crippen LogP contribution in [0.25, 0.3) is 0 Å². The van der Waals surface area contributed by atoms with Gasteiger partial charge < -0.3 is 10.6 Å². The van der Waals surface area contributed by atoms with Gasteiger partial charge in [0.25, 0.3) is 0 Å². The predicted octanol–water partition coefficient (Wildman–Crippen LogP) is -1.02. The molecule has 0 bridgehead atoms. The van der Waals surface area contributed by atoms with Gasteiger partial charge >= 0.3 is 0 Å². The highest BCUT2D eigenvalue weighted by molar-refractivity contribution is 7.91. The van der Waals surface area contributed by atoms with Gasteiger partial charge in [0, 0.05) is 25.6 Å². The van der Waals surface area contributed by atoms with Crippen LogP contribution >= 0.6 is 0 Å². The van der Waals surface area contributed by atoms with Crippen molar-refractivity contribution < 1.29 is 13.2 Å². The van der Waals surface area contributed by atoms with Crippen molar-refractivity contribution in [2.45, 2.75) is 19.4 Å². The average Bonchev–Trinajstić information content (AvgIpc) is 2.02. The lowest BCUT2D eigenvalue weighted by atomic mass is 10.2. The molecule has 1 fully saturated rings. The summed E-state index contributed by atoms with van der Waals surface area (Å²) in [6.07, 6.45) is 0.292. The van der Waals surface area contributed by atoms with Crippen molar-refractivity contribution in [2.75, 3.05) is 24.6 Å². The molecule has 1 rings (SSSR count). The fourth-order valence-corrected chi connectivity index (χ4v) is 2.57. The van der Waals surface area contributed by atoms with Crippen LogP contribution in [-0.4, -0.2) is 49.9 Å². The first kappa shape index (κ1) is 11.5. The number of carbonyl (C=O) groups excluding carboxylic acids is 1. The molecule has 1 heterocycles. The quantitative estimate of drug-likeness (QED) is 0.646. The highest BCUT2D eigenvalue weighted by atomic mass is 32.2. The minimum Gasteiger partial charge on any atom is -0.341 e. The molecule has 0 aromatic rings. The van der Waals surface area contributed by atoms with Crippen LogP contribution < -0.4 is 5.73 Å². The van der Waals surface area contributed by atoms with Gasteiger partial charge in [-0.1, -0.05) is 0 Å². The van der Waals surface area contributed by atoms with E-state index >= 15 is 0 Å². The van der Waals surface area contributed by atoms with Crippen molar-refractivity contribution >= 4 is 15.7 Å². The van der Waals surface area contributed by atoms with Crippen LogP contribution in [0.3, 0.4) is 0 Å². The molecule has 0 aromatic carbocycles. The SMILES string of the molecule is CC(N)CC(=O)N1CCS(=O)(=O)CC1. The van der Waals surface area contributed by atoms with Gasteiger partial charge in [-0.05, 0) is 6.92 Å². The first-order valence-corrected chi connectivity index (χ1v) is 6.46. The number of amides is 1. The third-order valence-corrected chi connectivity index (χ3v) is 3.80. The zero-order valence-corrected chi connectivity index (χ0v) is 9.09. The molecule has 1 atom stereocenters. The maximum absolute atomic E-state index is 11.5. The summed E-state index contributed by atoms with van der Waals surface area (Å²) in [6.45, 7) is 2.39. The molecule has 0 aromatic heterocycles. The van der Waals surface area contributed by atoms with E-state index in [-0.39, 0.29) is 23.5 Å². The molecule has 14 heavy (non-hydrogen) atoms. The van der Waals surface area contributed by atoms with Gasteiger partial charge in [-0.15, -0.1) is 0 Å². The number of rotatable bonds is 2. The molecule has 0 saturated carbocycles. The summed E-state index contributed by atoms with van der Waals surface area (Å²) in [7, 11) is -2.90. The Morgan fingerprint density at radius 1 is 1.43 bits per heavy atom. The van der Waals surface area contributed by atoms with Gasteiger partial charge in [0.2, 0.25) is 5.91 Å². The minimum atomic E-state index is -2.90. The summed E-state index contributed by atoms with van der Waals surface area (Å²) in [5.41, 5.74) is 5.49. The van der Waals surface area contributed by atoms with E-state index in [1.54, 1.807) is 11.8 Å². The van der Waals surface area contributed by atoms with Crippen molar-refractivity contribution in [2.24, 2.45) is 5.73 Å². The van der Waals surface area contributed by atoms with Crippen molar-refractivity contribution in [3.63, 3.8) is 0 Å². The predicted molar refractivity (Wildman–Crippen MR) is 53.5 cm³/mol. The fourth-order valence-electron chi connectivity index (χ4n) is 1.37. The topological polar surface area (TPSA) is 80.5 Å². The summed E-state index contributed by atoms with van der Waals surface area (Å²) in [4.78, 5) is 13.0. The van der Waals surface area contributed by atoms with Crippen LogP contribution in [0.1, 0.15) is 13.3 Å². The van der Waals surface area contributed by atoms with Gasteiger partial charge in [0.15, 0.2) is 9.84 Å². The average molecular weight is 220 g/mol. The fraction of sp³-hybridized carbons (Fsp3) is 0.875. The summed E-state index contributed by atoms with van der Waals surface area (Å²) < 4.78 is 22.2. The molecule has 5 nitrogen and oxygen atoms in total. The van der Waals surface area contributed by atoms with E-state index in [2.05, 4.69) is 0 Å². The number of hydrogen-bond donors (Lipinski definition) is 1. The normalized spacial score (nSPS) is 23.1. The lowest BCUT2D eigenvalue weighted by Gasteiger charge is -2.27. The van der Waals surface area contributed by atoms with Crippen LogP contribution in [0.4, 0.5) is 0 Å².